The number of benzene rings is 1. The third-order valence-electron chi connectivity index (χ3n) is 2.95. The molecule has 0 radical (unpaired) electrons. The molecule has 0 bridgehead atoms. The van der Waals surface area contributed by atoms with Crippen molar-refractivity contribution < 1.29 is 14.6 Å². The number of hydrogen-bond acceptors (Lipinski definition) is 4. The van der Waals surface area contributed by atoms with Crippen molar-refractivity contribution in [3.8, 4) is 11.5 Å². The lowest BCUT2D eigenvalue weighted by atomic mass is 10.1. The number of rotatable bonds is 8. The van der Waals surface area contributed by atoms with Gasteiger partial charge in [0.05, 0.1) is 24.3 Å². The van der Waals surface area contributed by atoms with Gasteiger partial charge in [-0.15, -0.1) is 0 Å². The topological polar surface area (TPSA) is 50.7 Å². The van der Waals surface area contributed by atoms with Gasteiger partial charge in [-0.3, -0.25) is 0 Å². The second-order valence-electron chi connectivity index (χ2n) is 4.94. The molecular weight excluding hydrogens is 322 g/mol. The van der Waals surface area contributed by atoms with Crippen LogP contribution in [0.2, 0.25) is 0 Å². The smallest absolute Gasteiger partial charge is 0.175 e. The Balaban J connectivity index is 2.87. The molecule has 0 aliphatic rings. The van der Waals surface area contributed by atoms with Crippen LogP contribution in [0.1, 0.15) is 32.8 Å². The van der Waals surface area contributed by atoms with Gasteiger partial charge in [-0.05, 0) is 53.9 Å². The van der Waals surface area contributed by atoms with E-state index in [1.165, 1.54) is 0 Å². The summed E-state index contributed by atoms with van der Waals surface area (Å²) in [5, 5.41) is 12.5. The number of nitrogens with one attached hydrogen (secondary N) is 1. The van der Waals surface area contributed by atoms with Crippen LogP contribution in [0.3, 0.4) is 0 Å². The Morgan fingerprint density at radius 3 is 2.55 bits per heavy atom. The lowest BCUT2D eigenvalue weighted by molar-refractivity contribution is 0.228. The highest BCUT2D eigenvalue weighted by atomic mass is 79.9. The largest absolute Gasteiger partial charge is 0.493 e. The molecule has 2 N–H and O–H groups in total. The van der Waals surface area contributed by atoms with Gasteiger partial charge in [-0.2, -0.15) is 0 Å². The zero-order valence-electron chi connectivity index (χ0n) is 12.6. The first-order valence-electron chi connectivity index (χ1n) is 6.89. The Bertz CT molecular complexity index is 420. The molecule has 0 aliphatic carbocycles. The fraction of sp³-hybridized carbons (Fsp3) is 0.600. The number of methoxy groups -OCH3 is 1. The number of aliphatic hydroxyl groups excluding tert-OH is 1. The minimum Gasteiger partial charge on any atom is -0.493 e. The molecule has 1 atom stereocenters. The van der Waals surface area contributed by atoms with E-state index in [1.807, 2.05) is 32.9 Å². The van der Waals surface area contributed by atoms with Crippen molar-refractivity contribution >= 4 is 15.9 Å². The van der Waals surface area contributed by atoms with Crippen LogP contribution in [0.5, 0.6) is 11.5 Å². The average Bonchev–Trinajstić information content (AvgIpc) is 2.42. The van der Waals surface area contributed by atoms with E-state index >= 15 is 0 Å². The molecule has 1 rings (SSSR count). The number of hydrogen-bond donors (Lipinski definition) is 2. The van der Waals surface area contributed by atoms with E-state index < -0.39 is 0 Å². The van der Waals surface area contributed by atoms with E-state index in [0.29, 0.717) is 12.3 Å². The van der Waals surface area contributed by atoms with Crippen LogP contribution in [0.4, 0.5) is 0 Å². The van der Waals surface area contributed by atoms with Gasteiger partial charge in [0, 0.05) is 12.6 Å². The van der Waals surface area contributed by atoms with Gasteiger partial charge in [-0.1, -0.05) is 6.92 Å². The Morgan fingerprint density at radius 2 is 2.05 bits per heavy atom. The van der Waals surface area contributed by atoms with E-state index in [9.17, 15) is 5.11 Å². The molecule has 0 fully saturated rings. The summed E-state index contributed by atoms with van der Waals surface area (Å²) in [6.45, 7) is 6.83. The van der Waals surface area contributed by atoms with Crippen molar-refractivity contribution in [2.75, 3.05) is 13.7 Å². The molecule has 1 aromatic rings. The maximum absolute atomic E-state index is 9.19. The molecule has 0 heterocycles. The van der Waals surface area contributed by atoms with Crippen molar-refractivity contribution in [1.29, 1.82) is 0 Å². The number of aliphatic hydroxyl groups is 1. The molecule has 1 aromatic carbocycles. The molecule has 0 saturated heterocycles. The minimum atomic E-state index is 0.0861. The molecule has 0 amide bonds. The van der Waals surface area contributed by atoms with Crippen molar-refractivity contribution in [1.82, 2.24) is 5.32 Å². The van der Waals surface area contributed by atoms with Crippen molar-refractivity contribution in [3.63, 3.8) is 0 Å². The quantitative estimate of drug-likeness (QED) is 0.760. The third-order valence-corrected chi connectivity index (χ3v) is 3.54. The average molecular weight is 346 g/mol. The van der Waals surface area contributed by atoms with Crippen molar-refractivity contribution in [2.24, 2.45) is 0 Å². The summed E-state index contributed by atoms with van der Waals surface area (Å²) in [4.78, 5) is 0. The Kier molecular flexibility index (Phi) is 7.34. The molecule has 0 aromatic heterocycles. The maximum Gasteiger partial charge on any atom is 0.175 e. The predicted octanol–water partition coefficient (Wildman–Crippen LogP) is 3.11. The minimum absolute atomic E-state index is 0.0861. The van der Waals surface area contributed by atoms with Crippen LogP contribution in [-0.4, -0.2) is 31.0 Å². The van der Waals surface area contributed by atoms with Gasteiger partial charge in [0.25, 0.3) is 0 Å². The first-order valence-corrected chi connectivity index (χ1v) is 7.68. The van der Waals surface area contributed by atoms with Crippen LogP contribution >= 0.6 is 15.9 Å². The molecule has 4 nitrogen and oxygen atoms in total. The maximum atomic E-state index is 9.19. The van der Waals surface area contributed by atoms with Gasteiger partial charge < -0.3 is 19.9 Å². The second-order valence-corrected chi connectivity index (χ2v) is 5.80. The zero-order chi connectivity index (χ0) is 15.1. The molecule has 5 heteroatoms. The van der Waals surface area contributed by atoms with Crippen LogP contribution in [-0.2, 0) is 6.54 Å². The highest BCUT2D eigenvalue weighted by Gasteiger charge is 2.13. The first-order chi connectivity index (χ1) is 9.51. The van der Waals surface area contributed by atoms with Gasteiger partial charge in [-0.25, -0.2) is 0 Å². The second kappa shape index (κ2) is 8.49. The SMILES string of the molecule is CCC(CO)NCc1cc(Br)c(OC(C)C)c(OC)c1. The van der Waals surface area contributed by atoms with Gasteiger partial charge in [0.2, 0.25) is 0 Å². The van der Waals surface area contributed by atoms with Crippen LogP contribution < -0.4 is 14.8 Å². The molecule has 20 heavy (non-hydrogen) atoms. The van der Waals surface area contributed by atoms with Gasteiger partial charge >= 0.3 is 0 Å². The van der Waals surface area contributed by atoms with Gasteiger partial charge in [0.15, 0.2) is 11.5 Å². The van der Waals surface area contributed by atoms with Crippen LogP contribution in [0, 0.1) is 0 Å². The summed E-state index contributed by atoms with van der Waals surface area (Å²) in [5.74, 6) is 1.43. The van der Waals surface area contributed by atoms with E-state index in [1.54, 1.807) is 7.11 Å². The van der Waals surface area contributed by atoms with Crippen molar-refractivity contribution in [2.45, 2.75) is 45.9 Å². The summed E-state index contributed by atoms with van der Waals surface area (Å²) < 4.78 is 12.0. The Morgan fingerprint density at radius 1 is 1.35 bits per heavy atom. The number of halogens is 1. The number of ether oxygens (including phenoxy) is 2. The Hall–Kier alpha value is -0.780. The molecule has 0 spiro atoms. The molecule has 0 saturated carbocycles. The summed E-state index contributed by atoms with van der Waals surface area (Å²) in [5.41, 5.74) is 1.08. The van der Waals surface area contributed by atoms with Crippen molar-refractivity contribution in [3.05, 3.63) is 22.2 Å². The molecular formula is C15H24BrNO3. The molecule has 1 unspecified atom stereocenters. The summed E-state index contributed by atoms with van der Waals surface area (Å²) in [6.07, 6.45) is 0.978. The standard InChI is InChI=1S/C15H24BrNO3/c1-5-12(9-18)17-8-11-6-13(16)15(20-10(2)3)14(7-11)19-4/h6-7,10,12,17-18H,5,8-9H2,1-4H3. The normalized spacial score (nSPS) is 12.6. The molecule has 114 valence electrons. The summed E-state index contributed by atoms with van der Waals surface area (Å²) >= 11 is 3.53. The first kappa shape index (κ1) is 17.3. The fourth-order valence-corrected chi connectivity index (χ4v) is 2.41. The van der Waals surface area contributed by atoms with Crippen LogP contribution in [0.25, 0.3) is 0 Å². The lowest BCUT2D eigenvalue weighted by Crippen LogP contribution is -2.31. The lowest BCUT2D eigenvalue weighted by Gasteiger charge is -2.18. The third kappa shape index (κ3) is 4.96. The van der Waals surface area contributed by atoms with Crippen LogP contribution in [0.15, 0.2) is 16.6 Å². The fourth-order valence-electron chi connectivity index (χ4n) is 1.83. The summed E-state index contributed by atoms with van der Waals surface area (Å²) in [6, 6.07) is 4.09. The van der Waals surface area contributed by atoms with E-state index in [4.69, 9.17) is 9.47 Å². The van der Waals surface area contributed by atoms with Gasteiger partial charge in [0.1, 0.15) is 0 Å². The van der Waals surface area contributed by atoms with E-state index in [-0.39, 0.29) is 18.8 Å². The zero-order valence-corrected chi connectivity index (χ0v) is 14.2. The molecule has 0 aliphatic heterocycles. The highest BCUT2D eigenvalue weighted by Crippen LogP contribution is 2.37. The monoisotopic (exact) mass is 345 g/mol. The summed E-state index contributed by atoms with van der Waals surface area (Å²) in [7, 11) is 1.63. The predicted molar refractivity (Wildman–Crippen MR) is 84.5 cm³/mol. The Labute approximate surface area is 129 Å². The van der Waals surface area contributed by atoms with E-state index in [2.05, 4.69) is 21.2 Å². The van der Waals surface area contributed by atoms with E-state index in [0.717, 1.165) is 22.2 Å². The highest BCUT2D eigenvalue weighted by molar-refractivity contribution is 9.10.